The van der Waals surface area contributed by atoms with E-state index in [0.717, 1.165) is 4.68 Å². The maximum Gasteiger partial charge on any atom is 0.377 e. The van der Waals surface area contributed by atoms with Crippen molar-refractivity contribution in [2.75, 3.05) is 6.54 Å². The average Bonchev–Trinajstić information content (AvgIpc) is 2.72. The summed E-state index contributed by atoms with van der Waals surface area (Å²) >= 11 is 5.94. The van der Waals surface area contributed by atoms with Gasteiger partial charge in [0.1, 0.15) is 0 Å². The van der Waals surface area contributed by atoms with Crippen molar-refractivity contribution < 1.29 is 4.79 Å². The van der Waals surface area contributed by atoms with Crippen LogP contribution in [-0.4, -0.2) is 32.4 Å². The van der Waals surface area contributed by atoms with Gasteiger partial charge >= 0.3 is 11.7 Å². The number of carbonyl (C=O) groups excluding carboxylic acids is 1. The van der Waals surface area contributed by atoms with Crippen LogP contribution < -0.4 is 11.0 Å². The summed E-state index contributed by atoms with van der Waals surface area (Å²) in [7, 11) is 0. The Morgan fingerprint density at radius 1 is 1.39 bits per heavy atom. The lowest BCUT2D eigenvalue weighted by Crippen LogP contribution is -2.37. The van der Waals surface area contributed by atoms with E-state index in [9.17, 15) is 9.59 Å². The van der Waals surface area contributed by atoms with Crippen molar-refractivity contribution in [3.63, 3.8) is 0 Å². The van der Waals surface area contributed by atoms with Crippen LogP contribution in [0.2, 0.25) is 5.02 Å². The summed E-state index contributed by atoms with van der Waals surface area (Å²) in [4.78, 5) is 23.4. The van der Waals surface area contributed by atoms with Crippen molar-refractivity contribution in [2.45, 2.75) is 6.92 Å². The maximum absolute atomic E-state index is 11.9. The number of hydrogen-bond acceptors (Lipinski definition) is 4. The molecule has 8 heteroatoms. The molecule has 0 bridgehead atoms. The highest BCUT2D eigenvalue weighted by molar-refractivity contribution is 6.32. The van der Waals surface area contributed by atoms with E-state index in [1.165, 1.54) is 0 Å². The number of amides is 1. The van der Waals surface area contributed by atoms with E-state index in [0.29, 0.717) is 21.9 Å². The van der Waals surface area contributed by atoms with Crippen molar-refractivity contribution in [1.82, 2.24) is 25.1 Å². The second kappa shape index (κ2) is 5.01. The van der Waals surface area contributed by atoms with Gasteiger partial charge in [-0.05, 0) is 29.5 Å². The summed E-state index contributed by atoms with van der Waals surface area (Å²) in [5.41, 5.74) is -0.297. The fraction of sp³-hybridized carbons (Fsp3) is 0.200. The third kappa shape index (κ3) is 2.12. The molecule has 0 aliphatic heterocycles. The molecule has 1 N–H and O–H groups in total. The third-order valence-electron chi connectivity index (χ3n) is 2.18. The summed E-state index contributed by atoms with van der Waals surface area (Å²) in [5, 5.41) is 9.93. The number of carbonyl (C=O) groups is 1. The molecule has 1 aromatic heterocycles. The average molecular weight is 268 g/mol. The first-order valence-corrected chi connectivity index (χ1v) is 5.61. The van der Waals surface area contributed by atoms with E-state index in [4.69, 9.17) is 11.6 Å². The normalized spacial score (nSPS) is 10.3. The van der Waals surface area contributed by atoms with Crippen molar-refractivity contribution in [3.05, 3.63) is 39.8 Å². The van der Waals surface area contributed by atoms with Crippen LogP contribution in [0.4, 0.5) is 4.79 Å². The van der Waals surface area contributed by atoms with Crippen LogP contribution in [0.1, 0.15) is 6.92 Å². The maximum atomic E-state index is 11.9. The first-order chi connectivity index (χ1) is 8.65. The number of benzene rings is 1. The number of tetrazole rings is 1. The Balaban J connectivity index is 2.47. The second-order valence-electron chi connectivity index (χ2n) is 3.37. The van der Waals surface area contributed by atoms with Gasteiger partial charge in [-0.1, -0.05) is 23.7 Å². The molecular formula is C10H10ClN5O2. The van der Waals surface area contributed by atoms with Gasteiger partial charge in [0.05, 0.1) is 10.7 Å². The number of halogens is 1. The molecule has 0 fully saturated rings. The van der Waals surface area contributed by atoms with E-state index >= 15 is 0 Å². The fourth-order valence-electron chi connectivity index (χ4n) is 1.37. The number of nitrogens with one attached hydrogen (secondary N) is 1. The fourth-order valence-corrected chi connectivity index (χ4v) is 1.59. The molecule has 94 valence electrons. The molecule has 0 saturated heterocycles. The Labute approximate surface area is 107 Å². The Bertz CT molecular complexity index is 633. The predicted molar refractivity (Wildman–Crippen MR) is 65.1 cm³/mol. The molecule has 0 atom stereocenters. The minimum atomic E-state index is -0.672. The lowest BCUT2D eigenvalue weighted by molar-refractivity contribution is 0.239. The smallest absolute Gasteiger partial charge is 0.336 e. The summed E-state index contributed by atoms with van der Waals surface area (Å²) in [5.74, 6) is 0. The molecule has 0 spiro atoms. The summed E-state index contributed by atoms with van der Waals surface area (Å²) in [6, 6.07) is 6.04. The lowest BCUT2D eigenvalue weighted by atomic mass is 10.3. The van der Waals surface area contributed by atoms with E-state index in [1.807, 2.05) is 0 Å². The molecule has 7 nitrogen and oxygen atoms in total. The molecule has 2 aromatic rings. The van der Waals surface area contributed by atoms with Gasteiger partial charge in [-0.15, -0.1) is 4.68 Å². The molecule has 0 aliphatic carbocycles. The molecule has 2 rings (SSSR count). The number of rotatable bonds is 2. The van der Waals surface area contributed by atoms with Gasteiger partial charge in [0.2, 0.25) is 0 Å². The van der Waals surface area contributed by atoms with E-state index in [-0.39, 0.29) is 0 Å². The van der Waals surface area contributed by atoms with Gasteiger partial charge in [-0.25, -0.2) is 9.59 Å². The highest BCUT2D eigenvalue weighted by atomic mass is 35.5. The zero-order valence-corrected chi connectivity index (χ0v) is 10.3. The summed E-state index contributed by atoms with van der Waals surface area (Å²) in [6.07, 6.45) is 0. The highest BCUT2D eigenvalue weighted by Crippen LogP contribution is 2.16. The van der Waals surface area contributed by atoms with Crippen LogP contribution >= 0.6 is 11.6 Å². The van der Waals surface area contributed by atoms with Crippen molar-refractivity contribution in [2.24, 2.45) is 0 Å². The largest absolute Gasteiger partial charge is 0.377 e. The summed E-state index contributed by atoms with van der Waals surface area (Å²) in [6.45, 7) is 2.13. The second-order valence-corrected chi connectivity index (χ2v) is 3.78. The van der Waals surface area contributed by atoms with Crippen LogP contribution in [0.15, 0.2) is 29.1 Å². The van der Waals surface area contributed by atoms with Gasteiger partial charge in [-0.3, -0.25) is 0 Å². The van der Waals surface area contributed by atoms with Crippen LogP contribution in [0.25, 0.3) is 5.69 Å². The van der Waals surface area contributed by atoms with E-state index in [2.05, 4.69) is 15.7 Å². The monoisotopic (exact) mass is 267 g/mol. The van der Waals surface area contributed by atoms with Crippen LogP contribution in [0, 0.1) is 0 Å². The Hall–Kier alpha value is -2.15. The lowest BCUT2D eigenvalue weighted by Gasteiger charge is -2.00. The van der Waals surface area contributed by atoms with Gasteiger partial charge in [0.25, 0.3) is 0 Å². The standard InChI is InChI=1S/C10H10ClN5O2/c1-2-12-9(17)16-10(18)15(13-14-16)8-6-4-3-5-7(8)11/h3-6H,2H2,1H3,(H,12,17). The van der Waals surface area contributed by atoms with Crippen molar-refractivity contribution in [1.29, 1.82) is 0 Å². The third-order valence-corrected chi connectivity index (χ3v) is 2.50. The van der Waals surface area contributed by atoms with Crippen LogP contribution in [-0.2, 0) is 0 Å². The molecule has 1 aromatic carbocycles. The molecule has 1 heterocycles. The molecular weight excluding hydrogens is 258 g/mol. The van der Waals surface area contributed by atoms with Crippen molar-refractivity contribution in [3.8, 4) is 5.69 Å². The van der Waals surface area contributed by atoms with Gasteiger partial charge in [-0.2, -0.15) is 4.68 Å². The Kier molecular flexibility index (Phi) is 3.42. The Morgan fingerprint density at radius 3 is 2.78 bits per heavy atom. The number of hydrogen-bond donors (Lipinski definition) is 1. The molecule has 0 saturated carbocycles. The first kappa shape index (κ1) is 12.3. The molecule has 18 heavy (non-hydrogen) atoms. The molecule has 1 amide bonds. The minimum Gasteiger partial charge on any atom is -0.336 e. The van der Waals surface area contributed by atoms with Crippen LogP contribution in [0.3, 0.4) is 0 Å². The van der Waals surface area contributed by atoms with Crippen LogP contribution in [0.5, 0.6) is 0 Å². The van der Waals surface area contributed by atoms with Gasteiger partial charge in [0, 0.05) is 6.54 Å². The Morgan fingerprint density at radius 2 is 2.11 bits per heavy atom. The first-order valence-electron chi connectivity index (χ1n) is 5.23. The number of aromatic nitrogens is 4. The molecule has 0 radical (unpaired) electrons. The predicted octanol–water partition coefficient (Wildman–Crippen LogP) is 0.660. The number of para-hydroxylation sites is 1. The topological polar surface area (TPSA) is 81.8 Å². The zero-order valence-electron chi connectivity index (χ0n) is 9.50. The van der Waals surface area contributed by atoms with Gasteiger partial charge < -0.3 is 5.32 Å². The molecule has 0 aliphatic rings. The van der Waals surface area contributed by atoms with E-state index in [1.54, 1.807) is 31.2 Å². The summed E-state index contributed by atoms with van der Waals surface area (Å²) < 4.78 is 1.62. The van der Waals surface area contributed by atoms with Crippen molar-refractivity contribution >= 4 is 17.6 Å². The quantitative estimate of drug-likeness (QED) is 0.811. The van der Waals surface area contributed by atoms with Gasteiger partial charge in [0.15, 0.2) is 0 Å². The minimum absolute atomic E-state index is 0.350. The zero-order chi connectivity index (χ0) is 13.1. The molecule has 0 unspecified atom stereocenters. The highest BCUT2D eigenvalue weighted by Gasteiger charge is 2.15. The SMILES string of the molecule is CCNC(=O)n1nnn(-c2ccccc2Cl)c1=O. The van der Waals surface area contributed by atoms with E-state index < -0.39 is 11.7 Å². The number of nitrogens with zero attached hydrogens (tertiary/aromatic N) is 4.